The van der Waals surface area contributed by atoms with Gasteiger partial charge in [0.1, 0.15) is 31.0 Å². The minimum atomic E-state index is -4.07. The van der Waals surface area contributed by atoms with Crippen LogP contribution < -0.4 is 22.6 Å². The number of fused-ring (bicyclic) bond motifs is 2. The molecule has 1 aromatic carbocycles. The maximum absolute atomic E-state index is 13.4. The van der Waals surface area contributed by atoms with E-state index in [1.807, 2.05) is 0 Å². The van der Waals surface area contributed by atoms with Crippen LogP contribution in [0.15, 0.2) is 40.4 Å². The van der Waals surface area contributed by atoms with Gasteiger partial charge in [-0.15, -0.1) is 0 Å². The molecule has 2 fully saturated rings. The number of nitrogens with two attached hydrogens (primary N) is 2. The Hall–Kier alpha value is -3.12. The fraction of sp³-hybridized carbons (Fsp3) is 0.458. The average molecular weight is 685 g/mol. The Labute approximate surface area is 259 Å². The lowest BCUT2D eigenvalue weighted by atomic mass is 10.2. The van der Waals surface area contributed by atoms with Crippen molar-refractivity contribution in [1.29, 1.82) is 0 Å². The summed E-state index contributed by atoms with van der Waals surface area (Å²) in [5.74, 6) is -0.0613. The van der Waals surface area contributed by atoms with E-state index < -0.39 is 62.9 Å². The molecule has 2 aliphatic rings. The molecule has 6 N–H and O–H groups in total. The zero-order chi connectivity index (χ0) is 32.1. The van der Waals surface area contributed by atoms with Gasteiger partial charge in [0.2, 0.25) is 5.95 Å². The number of ether oxygens (including phenoxy) is 2. The molecule has 0 saturated carbocycles. The van der Waals surface area contributed by atoms with Crippen molar-refractivity contribution < 1.29 is 37.1 Å². The summed E-state index contributed by atoms with van der Waals surface area (Å²) in [5, 5.41) is 0.196. The van der Waals surface area contributed by atoms with Gasteiger partial charge in [0.25, 0.3) is 11.1 Å². The Morgan fingerprint density at radius 1 is 1.09 bits per heavy atom. The Bertz CT molecular complexity index is 1960. The number of H-pyrrole nitrogens is 1. The number of hydrogen-bond donors (Lipinski definition) is 5. The molecule has 45 heavy (non-hydrogen) atoms. The molecule has 6 rings (SSSR count). The van der Waals surface area contributed by atoms with E-state index in [9.17, 15) is 23.6 Å². The second-order valence-corrected chi connectivity index (χ2v) is 15.4. The van der Waals surface area contributed by atoms with Gasteiger partial charge >= 0.3 is 14.4 Å². The lowest BCUT2D eigenvalue weighted by Gasteiger charge is -2.23. The molecule has 2 aliphatic heterocycles. The van der Waals surface area contributed by atoms with Gasteiger partial charge < -0.3 is 30.4 Å². The minimum absolute atomic E-state index is 0.0216. The zero-order valence-corrected chi connectivity index (χ0v) is 26.3. The zero-order valence-electron chi connectivity index (χ0n) is 23.7. The van der Waals surface area contributed by atoms with Crippen LogP contribution in [-0.2, 0) is 32.2 Å². The lowest BCUT2D eigenvalue weighted by Crippen LogP contribution is -2.28. The summed E-state index contributed by atoms with van der Waals surface area (Å²) in [6.45, 7) is -3.64. The summed E-state index contributed by atoms with van der Waals surface area (Å²) in [4.78, 5) is 50.0. The lowest BCUT2D eigenvalue weighted by molar-refractivity contribution is -0.0416. The highest BCUT2D eigenvalue weighted by Crippen LogP contribution is 2.56. The van der Waals surface area contributed by atoms with E-state index >= 15 is 0 Å². The fourth-order valence-corrected chi connectivity index (χ4v) is 7.27. The predicted octanol–water partition coefficient (Wildman–Crippen LogP) is 1.93. The van der Waals surface area contributed by atoms with Gasteiger partial charge in [-0.25, -0.2) is 14.5 Å². The molecule has 0 amide bonds. The number of hydrogen-bond acceptors (Lipinski definition) is 14. The number of rotatable bonds is 10. The van der Waals surface area contributed by atoms with Crippen LogP contribution >= 0.6 is 26.6 Å². The van der Waals surface area contributed by atoms with E-state index in [0.717, 1.165) is 6.66 Å². The maximum atomic E-state index is 13.4. The third kappa shape index (κ3) is 6.86. The van der Waals surface area contributed by atoms with Crippen LogP contribution in [0, 0.1) is 0 Å². The highest BCUT2D eigenvalue weighted by atomic mass is 32.7. The molecule has 7 atom stereocenters. The molecule has 0 aliphatic carbocycles. The van der Waals surface area contributed by atoms with Crippen LogP contribution in [0.1, 0.15) is 31.7 Å². The first-order valence-corrected chi connectivity index (χ1v) is 18.4. The molecular formula is C24H30N8O10P2S. The molecule has 0 spiro atoms. The van der Waals surface area contributed by atoms with Crippen LogP contribution in [-0.4, -0.2) is 72.2 Å². The molecular weight excluding hydrogens is 654 g/mol. The van der Waals surface area contributed by atoms with E-state index in [1.54, 1.807) is 22.8 Å². The summed E-state index contributed by atoms with van der Waals surface area (Å²) in [6, 6.07) is 4.89. The van der Waals surface area contributed by atoms with Crippen LogP contribution in [0.4, 0.5) is 11.6 Å². The number of nitrogens with one attached hydrogen (secondary N) is 1. The molecule has 18 nitrogen and oxygen atoms in total. The first kappa shape index (κ1) is 31.8. The topological polar surface area (TPSA) is 251 Å². The first-order valence-electron chi connectivity index (χ1n) is 13.7. The smallest absolute Gasteiger partial charge is 0.386 e. The van der Waals surface area contributed by atoms with E-state index in [2.05, 4.69) is 32.2 Å². The summed E-state index contributed by atoms with van der Waals surface area (Å²) >= 11 is 4.13. The highest BCUT2D eigenvalue weighted by Gasteiger charge is 2.43. The van der Waals surface area contributed by atoms with Crippen molar-refractivity contribution >= 4 is 60.3 Å². The number of aromatic nitrogens is 6. The Morgan fingerprint density at radius 3 is 2.64 bits per heavy atom. The minimum Gasteiger partial charge on any atom is -0.398 e. The van der Waals surface area contributed by atoms with Crippen LogP contribution in [0.3, 0.4) is 0 Å². The maximum Gasteiger partial charge on any atom is 0.386 e. The summed E-state index contributed by atoms with van der Waals surface area (Å²) in [6.07, 6.45) is -0.348. The third-order valence-corrected chi connectivity index (χ3v) is 9.62. The number of nitrogen functional groups attached to an aromatic ring is 2. The Morgan fingerprint density at radius 2 is 1.87 bits per heavy atom. The number of imidazole rings is 1. The number of thiol groups is 1. The molecule has 5 heterocycles. The summed E-state index contributed by atoms with van der Waals surface area (Å²) in [7, 11) is -3.92. The quantitative estimate of drug-likeness (QED) is 0.0909. The monoisotopic (exact) mass is 684 g/mol. The average Bonchev–Trinajstić information content (AvgIpc) is 3.69. The van der Waals surface area contributed by atoms with Crippen molar-refractivity contribution in [3.05, 3.63) is 51.6 Å². The van der Waals surface area contributed by atoms with Crippen molar-refractivity contribution in [2.24, 2.45) is 0 Å². The van der Waals surface area contributed by atoms with Gasteiger partial charge in [-0.3, -0.25) is 37.3 Å². The second kappa shape index (κ2) is 12.2. The van der Waals surface area contributed by atoms with Crippen LogP contribution in [0.25, 0.3) is 22.1 Å². The Balaban J connectivity index is 1.13. The molecule has 3 unspecified atom stereocenters. The molecule has 0 bridgehead atoms. The predicted molar refractivity (Wildman–Crippen MR) is 164 cm³/mol. The van der Waals surface area contributed by atoms with Crippen molar-refractivity contribution in [1.82, 2.24) is 29.1 Å². The van der Waals surface area contributed by atoms with Gasteiger partial charge in [-0.05, 0) is 25.0 Å². The molecule has 4 aromatic rings. The van der Waals surface area contributed by atoms with E-state index in [1.165, 1.54) is 17.2 Å². The van der Waals surface area contributed by atoms with Gasteiger partial charge in [-0.2, -0.15) is 4.98 Å². The number of nitrogens with zero attached hydrogens (tertiary/aromatic N) is 5. The largest absolute Gasteiger partial charge is 0.398 e. The summed E-state index contributed by atoms with van der Waals surface area (Å²) < 4.78 is 56.4. The number of aromatic amines is 1. The van der Waals surface area contributed by atoms with Crippen molar-refractivity contribution in [2.45, 2.75) is 50.0 Å². The van der Waals surface area contributed by atoms with Gasteiger partial charge in [-0.1, -0.05) is 18.3 Å². The first-order chi connectivity index (χ1) is 21.3. The molecule has 21 heteroatoms. The van der Waals surface area contributed by atoms with E-state index in [0.29, 0.717) is 18.4 Å². The third-order valence-electron chi connectivity index (χ3n) is 7.35. The molecule has 242 valence electrons. The van der Waals surface area contributed by atoms with Gasteiger partial charge in [0.15, 0.2) is 11.2 Å². The molecule has 3 aromatic heterocycles. The van der Waals surface area contributed by atoms with Gasteiger partial charge in [0, 0.05) is 18.8 Å². The van der Waals surface area contributed by atoms with Crippen molar-refractivity contribution in [3.8, 4) is 0 Å². The van der Waals surface area contributed by atoms with Crippen LogP contribution in [0.2, 0.25) is 0 Å². The fourth-order valence-electron chi connectivity index (χ4n) is 5.30. The molecule has 2 saturated heterocycles. The second-order valence-electron chi connectivity index (χ2n) is 10.6. The Kier molecular flexibility index (Phi) is 8.66. The van der Waals surface area contributed by atoms with E-state index in [-0.39, 0.29) is 41.2 Å². The molecule has 0 radical (unpaired) electrons. The normalized spacial score (nSPS) is 26.3. The van der Waals surface area contributed by atoms with Crippen molar-refractivity contribution in [3.63, 3.8) is 0 Å². The SMILES string of the molecule is CP(=O)(O)OCC1O[C@@H](n2cnc3cccc(N)c3c2=O)C[C@@H]1OP(=O)(S)OC[C@@H]1CC[C@H](n2cnc3c(=O)[nH]c(N)nc32)O1. The van der Waals surface area contributed by atoms with Gasteiger partial charge in [0.05, 0.1) is 36.5 Å². The number of anilines is 2. The standard InChI is InChI=1S/C24H30N8O10P2S/c1-43(35,36)38-9-16-15(7-18(41-16)32-10-27-14-4-2-3-13(25)19(14)23(32)34)42-44(37,45)39-8-12-5-6-17(40-12)31-11-28-20-21(31)29-24(26)30-22(20)33/h2-4,10-12,15-18H,5-9,25H2,1H3,(H,35,36)(H,37,45)(H3,26,29,30,33)/t12-,15-,16?,17+,18+,44?/m0/s1. The van der Waals surface area contributed by atoms with Crippen LogP contribution in [0.5, 0.6) is 0 Å². The number of benzene rings is 1. The summed E-state index contributed by atoms with van der Waals surface area (Å²) in [5.41, 5.74) is 11.8. The highest BCUT2D eigenvalue weighted by molar-refractivity contribution is 8.44. The van der Waals surface area contributed by atoms with E-state index in [4.69, 9.17) is 34.5 Å². The van der Waals surface area contributed by atoms with Crippen molar-refractivity contribution in [2.75, 3.05) is 31.3 Å².